The Morgan fingerprint density at radius 3 is 2.31 bits per heavy atom. The molecule has 0 bridgehead atoms. The molecule has 7 heteroatoms. The van der Waals surface area contributed by atoms with Crippen LogP contribution in [0.5, 0.6) is 0 Å². The van der Waals surface area contributed by atoms with Crippen molar-refractivity contribution in [3.63, 3.8) is 0 Å². The van der Waals surface area contributed by atoms with Gasteiger partial charge < -0.3 is 5.73 Å². The highest BCUT2D eigenvalue weighted by molar-refractivity contribution is 5.85. The van der Waals surface area contributed by atoms with Crippen LogP contribution in [0.4, 0.5) is 13.2 Å². The van der Waals surface area contributed by atoms with Gasteiger partial charge in [-0.3, -0.25) is 4.68 Å². The average molecular weight is 216 g/mol. The highest BCUT2D eigenvalue weighted by Gasteiger charge is 2.34. The van der Waals surface area contributed by atoms with Crippen LogP contribution in [0.25, 0.3) is 0 Å². The van der Waals surface area contributed by atoms with Gasteiger partial charge in [0, 0.05) is 13.6 Å². The first-order valence-corrected chi connectivity index (χ1v) is 3.25. The van der Waals surface area contributed by atoms with Crippen LogP contribution >= 0.6 is 12.4 Å². The highest BCUT2D eigenvalue weighted by atomic mass is 35.5. The second-order valence-electron chi connectivity index (χ2n) is 2.35. The molecule has 0 amide bonds. The maximum atomic E-state index is 12.0. The maximum Gasteiger partial charge on any atom is 0.435 e. The van der Waals surface area contributed by atoms with Crippen molar-refractivity contribution in [3.8, 4) is 0 Å². The summed E-state index contributed by atoms with van der Waals surface area (Å²) in [5.74, 6) is 0. The van der Waals surface area contributed by atoms with Gasteiger partial charge in [-0.15, -0.1) is 12.4 Å². The van der Waals surface area contributed by atoms with Crippen LogP contribution in [0.15, 0.2) is 6.07 Å². The van der Waals surface area contributed by atoms with E-state index in [-0.39, 0.29) is 19.0 Å². The lowest BCUT2D eigenvalue weighted by molar-refractivity contribution is -0.141. The molecule has 2 N–H and O–H groups in total. The Balaban J connectivity index is 0.00000144. The van der Waals surface area contributed by atoms with E-state index in [9.17, 15) is 13.2 Å². The third-order valence-corrected chi connectivity index (χ3v) is 1.48. The molecule has 0 aliphatic heterocycles. The van der Waals surface area contributed by atoms with E-state index < -0.39 is 11.9 Å². The van der Waals surface area contributed by atoms with E-state index in [1.54, 1.807) is 0 Å². The predicted molar refractivity (Wildman–Crippen MR) is 43.3 cm³/mol. The molecule has 0 saturated carbocycles. The predicted octanol–water partition coefficient (Wildman–Crippen LogP) is 1.32. The second-order valence-corrected chi connectivity index (χ2v) is 2.35. The molecule has 0 aromatic carbocycles. The Bertz CT molecular complexity index is 281. The molecule has 1 aromatic rings. The van der Waals surface area contributed by atoms with Crippen molar-refractivity contribution in [1.82, 2.24) is 9.78 Å². The zero-order chi connectivity index (χ0) is 9.35. The van der Waals surface area contributed by atoms with Crippen molar-refractivity contribution in [3.05, 3.63) is 17.5 Å². The Morgan fingerprint density at radius 1 is 1.54 bits per heavy atom. The highest BCUT2D eigenvalue weighted by Crippen LogP contribution is 2.28. The first kappa shape index (κ1) is 12.2. The van der Waals surface area contributed by atoms with E-state index in [4.69, 9.17) is 5.73 Å². The molecule has 0 spiro atoms. The smallest absolute Gasteiger partial charge is 0.325 e. The molecule has 13 heavy (non-hydrogen) atoms. The number of hydrogen-bond donors (Lipinski definition) is 1. The Hall–Kier alpha value is -0.750. The van der Waals surface area contributed by atoms with Crippen LogP contribution in [-0.4, -0.2) is 9.78 Å². The van der Waals surface area contributed by atoms with Crippen molar-refractivity contribution in [2.75, 3.05) is 0 Å². The number of aromatic nitrogens is 2. The minimum absolute atomic E-state index is 0. The van der Waals surface area contributed by atoms with Crippen LogP contribution in [0.2, 0.25) is 0 Å². The number of nitrogens with two attached hydrogens (primary N) is 1. The quantitative estimate of drug-likeness (QED) is 0.768. The first-order valence-electron chi connectivity index (χ1n) is 3.25. The van der Waals surface area contributed by atoms with Crippen molar-refractivity contribution >= 4 is 12.4 Å². The molecule has 3 nitrogen and oxygen atoms in total. The van der Waals surface area contributed by atoms with Crippen LogP contribution < -0.4 is 5.73 Å². The molecular formula is C6H9ClF3N3. The van der Waals surface area contributed by atoms with Gasteiger partial charge in [-0.05, 0) is 6.07 Å². The Kier molecular flexibility index (Phi) is 3.74. The molecule has 0 unspecified atom stereocenters. The fourth-order valence-electron chi connectivity index (χ4n) is 0.835. The fourth-order valence-corrected chi connectivity index (χ4v) is 0.835. The number of halogens is 4. The van der Waals surface area contributed by atoms with Crippen molar-refractivity contribution in [2.24, 2.45) is 12.8 Å². The van der Waals surface area contributed by atoms with Crippen LogP contribution in [0.3, 0.4) is 0 Å². The normalized spacial score (nSPS) is 11.2. The molecule has 0 atom stereocenters. The summed E-state index contributed by atoms with van der Waals surface area (Å²) in [5.41, 5.74) is 4.64. The molecule has 0 fully saturated rings. The van der Waals surface area contributed by atoms with Crippen LogP contribution in [-0.2, 0) is 19.8 Å². The summed E-state index contributed by atoms with van der Waals surface area (Å²) in [4.78, 5) is 0. The number of hydrogen-bond acceptors (Lipinski definition) is 2. The van der Waals surface area contributed by atoms with E-state index in [0.29, 0.717) is 5.69 Å². The molecule has 0 aliphatic carbocycles. The van der Waals surface area contributed by atoms with Gasteiger partial charge >= 0.3 is 6.18 Å². The van der Waals surface area contributed by atoms with Gasteiger partial charge in [0.1, 0.15) is 0 Å². The van der Waals surface area contributed by atoms with E-state index >= 15 is 0 Å². The van der Waals surface area contributed by atoms with Gasteiger partial charge in [0.2, 0.25) is 0 Å². The average Bonchev–Trinajstić information content (AvgIpc) is 2.29. The van der Waals surface area contributed by atoms with Gasteiger partial charge in [0.25, 0.3) is 0 Å². The molecular weight excluding hydrogens is 207 g/mol. The summed E-state index contributed by atoms with van der Waals surface area (Å²) in [6, 6.07) is 0.944. The van der Waals surface area contributed by atoms with Gasteiger partial charge in [-0.2, -0.15) is 18.3 Å². The van der Waals surface area contributed by atoms with Gasteiger partial charge in [-0.25, -0.2) is 0 Å². The van der Waals surface area contributed by atoms with Gasteiger partial charge in [0.05, 0.1) is 5.69 Å². The van der Waals surface area contributed by atoms with Crippen LogP contribution in [0.1, 0.15) is 11.4 Å². The topological polar surface area (TPSA) is 43.8 Å². The molecule has 0 saturated heterocycles. The molecule has 1 rings (SSSR count). The number of alkyl halides is 3. The Labute approximate surface area is 79.1 Å². The standard InChI is InChI=1S/C6H8F3N3.ClH/c1-12-4(3-10)2-5(11-12)6(7,8)9;/h2H,3,10H2,1H3;1H. The zero-order valence-electron chi connectivity index (χ0n) is 6.80. The van der Waals surface area contributed by atoms with Crippen LogP contribution in [0, 0.1) is 0 Å². The zero-order valence-corrected chi connectivity index (χ0v) is 7.61. The molecule has 76 valence electrons. The second kappa shape index (κ2) is 3.97. The summed E-state index contributed by atoms with van der Waals surface area (Å²) >= 11 is 0. The number of aryl methyl sites for hydroxylation is 1. The molecule has 1 heterocycles. The van der Waals surface area contributed by atoms with Crippen molar-refractivity contribution in [2.45, 2.75) is 12.7 Å². The number of nitrogens with zero attached hydrogens (tertiary/aromatic N) is 2. The van der Waals surface area contributed by atoms with Crippen molar-refractivity contribution in [1.29, 1.82) is 0 Å². The Morgan fingerprint density at radius 2 is 2.08 bits per heavy atom. The lowest BCUT2D eigenvalue weighted by Crippen LogP contribution is -2.06. The van der Waals surface area contributed by atoms with Gasteiger partial charge in [0.15, 0.2) is 5.69 Å². The molecule has 0 aliphatic rings. The van der Waals surface area contributed by atoms with E-state index in [1.807, 2.05) is 0 Å². The largest absolute Gasteiger partial charge is 0.435 e. The minimum atomic E-state index is -4.38. The lowest BCUT2D eigenvalue weighted by atomic mass is 10.3. The summed E-state index contributed by atoms with van der Waals surface area (Å²) in [6.45, 7) is 0.0551. The maximum absolute atomic E-state index is 12.0. The van der Waals surface area contributed by atoms with E-state index in [2.05, 4.69) is 5.10 Å². The summed E-state index contributed by atoms with van der Waals surface area (Å²) < 4.78 is 37.1. The third-order valence-electron chi connectivity index (χ3n) is 1.48. The van der Waals surface area contributed by atoms with E-state index in [0.717, 1.165) is 10.7 Å². The number of rotatable bonds is 1. The third kappa shape index (κ3) is 2.60. The fraction of sp³-hybridized carbons (Fsp3) is 0.500. The first-order chi connectivity index (χ1) is 5.45. The SMILES string of the molecule is Cl.Cn1nc(C(F)(F)F)cc1CN. The summed E-state index contributed by atoms with van der Waals surface area (Å²) in [5, 5.41) is 3.26. The summed E-state index contributed by atoms with van der Waals surface area (Å²) in [7, 11) is 1.43. The molecule has 0 radical (unpaired) electrons. The monoisotopic (exact) mass is 215 g/mol. The molecule has 1 aromatic heterocycles. The van der Waals surface area contributed by atoms with Crippen molar-refractivity contribution < 1.29 is 13.2 Å². The minimum Gasteiger partial charge on any atom is -0.325 e. The van der Waals surface area contributed by atoms with Gasteiger partial charge in [-0.1, -0.05) is 0 Å². The lowest BCUT2D eigenvalue weighted by Gasteiger charge is -1.99. The van der Waals surface area contributed by atoms with E-state index in [1.165, 1.54) is 7.05 Å². The summed E-state index contributed by atoms with van der Waals surface area (Å²) in [6.07, 6.45) is -4.38.